The van der Waals surface area contributed by atoms with Gasteiger partial charge in [0.2, 0.25) is 0 Å². The molecule has 3 aromatic rings. The Hall–Kier alpha value is -2.15. The monoisotopic (exact) mass is 331 g/mol. The quantitative estimate of drug-likeness (QED) is 0.477. The topological polar surface area (TPSA) is 12.9 Å². The number of benzene rings is 2. The second kappa shape index (κ2) is 5.98. The van der Waals surface area contributed by atoms with Crippen LogP contribution < -0.4 is 0 Å². The normalized spacial score (nSPS) is 12.6. The Morgan fingerprint density at radius 2 is 1.48 bits per heavy atom. The first-order chi connectivity index (χ1) is 11.6. The molecule has 0 bridgehead atoms. The summed E-state index contributed by atoms with van der Waals surface area (Å²) < 4.78 is 0. The zero-order chi connectivity index (χ0) is 18.4. The highest BCUT2D eigenvalue weighted by molar-refractivity contribution is 5.86. The summed E-state index contributed by atoms with van der Waals surface area (Å²) in [5.41, 5.74) is 7.50. The van der Waals surface area contributed by atoms with Gasteiger partial charge in [0.15, 0.2) is 0 Å². The second-order valence-electron chi connectivity index (χ2n) is 9.16. The third-order valence-electron chi connectivity index (χ3n) is 4.79. The highest BCUT2D eigenvalue weighted by Gasteiger charge is 2.22. The van der Waals surface area contributed by atoms with Crippen molar-refractivity contribution in [2.75, 3.05) is 0 Å². The van der Waals surface area contributed by atoms with Crippen LogP contribution in [0.25, 0.3) is 22.2 Å². The number of pyridine rings is 1. The maximum absolute atomic E-state index is 5.03. The minimum Gasteiger partial charge on any atom is -0.248 e. The van der Waals surface area contributed by atoms with E-state index in [2.05, 4.69) is 97.0 Å². The van der Waals surface area contributed by atoms with Crippen molar-refractivity contribution in [2.45, 2.75) is 59.3 Å². The Morgan fingerprint density at radius 3 is 2.08 bits per heavy atom. The highest BCUT2D eigenvalue weighted by atomic mass is 14.7. The van der Waals surface area contributed by atoms with Crippen molar-refractivity contribution in [3.05, 3.63) is 65.2 Å². The van der Waals surface area contributed by atoms with Gasteiger partial charge in [-0.3, -0.25) is 0 Å². The predicted molar refractivity (Wildman–Crippen MR) is 109 cm³/mol. The molecule has 1 heteroatoms. The number of hydrogen-bond acceptors (Lipinski definition) is 1. The van der Waals surface area contributed by atoms with E-state index in [1.54, 1.807) is 0 Å². The molecule has 0 unspecified atom stereocenters. The maximum atomic E-state index is 5.03. The van der Waals surface area contributed by atoms with Gasteiger partial charge >= 0.3 is 0 Å². The predicted octanol–water partition coefficient (Wildman–Crippen LogP) is 6.81. The van der Waals surface area contributed by atoms with Crippen LogP contribution in [0.2, 0.25) is 0 Å². The lowest BCUT2D eigenvalue weighted by Crippen LogP contribution is -2.17. The lowest BCUT2D eigenvalue weighted by Gasteiger charge is -2.26. The van der Waals surface area contributed by atoms with Crippen LogP contribution in [0.15, 0.2) is 48.5 Å². The van der Waals surface area contributed by atoms with Gasteiger partial charge in [-0.1, -0.05) is 77.4 Å². The smallest absolute Gasteiger partial charge is 0.0715 e. The molecule has 3 rings (SSSR count). The molecule has 0 amide bonds. The Morgan fingerprint density at radius 1 is 0.760 bits per heavy atom. The molecule has 0 atom stereocenters. The lowest BCUT2D eigenvalue weighted by atomic mass is 9.79. The van der Waals surface area contributed by atoms with Crippen molar-refractivity contribution in [2.24, 2.45) is 0 Å². The largest absolute Gasteiger partial charge is 0.248 e. The zero-order valence-corrected chi connectivity index (χ0v) is 16.6. The van der Waals surface area contributed by atoms with Crippen LogP contribution in [-0.4, -0.2) is 4.98 Å². The van der Waals surface area contributed by atoms with Crippen molar-refractivity contribution in [3.8, 4) is 11.3 Å². The first-order valence-electron chi connectivity index (χ1n) is 9.08. The van der Waals surface area contributed by atoms with Crippen molar-refractivity contribution >= 4 is 10.9 Å². The SMILES string of the molecule is Cc1cccc(-c2ccc3c(C(C)(C)C)cc(C(C)(C)C)cc3n2)c1. The molecule has 1 nitrogen and oxygen atoms in total. The van der Waals surface area contributed by atoms with Gasteiger partial charge in [0.05, 0.1) is 11.2 Å². The van der Waals surface area contributed by atoms with E-state index >= 15 is 0 Å². The lowest BCUT2D eigenvalue weighted by molar-refractivity contribution is 0.572. The fourth-order valence-electron chi connectivity index (χ4n) is 3.25. The first kappa shape index (κ1) is 17.7. The van der Waals surface area contributed by atoms with Gasteiger partial charge in [-0.25, -0.2) is 4.98 Å². The number of rotatable bonds is 1. The molecule has 1 aromatic heterocycles. The van der Waals surface area contributed by atoms with Crippen LogP contribution in [0.4, 0.5) is 0 Å². The Labute approximate surface area is 152 Å². The molecule has 130 valence electrons. The first-order valence-corrected chi connectivity index (χ1v) is 9.08. The van der Waals surface area contributed by atoms with E-state index in [1.807, 2.05) is 0 Å². The fourth-order valence-corrected chi connectivity index (χ4v) is 3.25. The number of nitrogens with zero attached hydrogens (tertiary/aromatic N) is 1. The Bertz CT molecular complexity index is 921. The van der Waals surface area contributed by atoms with Gasteiger partial charge in [-0.05, 0) is 47.1 Å². The van der Waals surface area contributed by atoms with E-state index in [4.69, 9.17) is 4.98 Å². The van der Waals surface area contributed by atoms with Crippen LogP contribution in [0.3, 0.4) is 0 Å². The molecule has 25 heavy (non-hydrogen) atoms. The third kappa shape index (κ3) is 3.61. The highest BCUT2D eigenvalue weighted by Crippen LogP contribution is 2.35. The van der Waals surface area contributed by atoms with Gasteiger partial charge in [0, 0.05) is 10.9 Å². The standard InChI is InChI=1S/C24H29N/c1-16-9-8-10-17(13-16)21-12-11-19-20(24(5,6)7)14-18(23(2,3)4)15-22(19)25-21/h8-15H,1-7H3. The van der Waals surface area contributed by atoms with Crippen LogP contribution >= 0.6 is 0 Å². The summed E-state index contributed by atoms with van der Waals surface area (Å²) in [6.07, 6.45) is 0. The summed E-state index contributed by atoms with van der Waals surface area (Å²) in [4.78, 5) is 5.03. The molecule has 0 fully saturated rings. The van der Waals surface area contributed by atoms with E-state index < -0.39 is 0 Å². The molecule has 0 aliphatic rings. The van der Waals surface area contributed by atoms with Gasteiger partial charge in [0.1, 0.15) is 0 Å². The molecule has 0 N–H and O–H groups in total. The Kier molecular flexibility index (Phi) is 4.23. The van der Waals surface area contributed by atoms with Crippen molar-refractivity contribution in [3.63, 3.8) is 0 Å². The summed E-state index contributed by atoms with van der Waals surface area (Å²) in [5, 5.41) is 1.26. The molecule has 0 aliphatic heterocycles. The van der Waals surface area contributed by atoms with Gasteiger partial charge in [-0.2, -0.15) is 0 Å². The fraction of sp³-hybridized carbons (Fsp3) is 0.375. The van der Waals surface area contributed by atoms with Crippen molar-refractivity contribution in [1.29, 1.82) is 0 Å². The van der Waals surface area contributed by atoms with Crippen LogP contribution in [0.5, 0.6) is 0 Å². The molecule has 0 spiro atoms. The zero-order valence-electron chi connectivity index (χ0n) is 16.6. The summed E-state index contributed by atoms with van der Waals surface area (Å²) in [7, 11) is 0. The molecule has 0 saturated heterocycles. The summed E-state index contributed by atoms with van der Waals surface area (Å²) in [6.45, 7) is 15.8. The van der Waals surface area contributed by atoms with Gasteiger partial charge in [-0.15, -0.1) is 0 Å². The van der Waals surface area contributed by atoms with Crippen LogP contribution in [-0.2, 0) is 10.8 Å². The van der Waals surface area contributed by atoms with Crippen LogP contribution in [0, 0.1) is 6.92 Å². The average Bonchev–Trinajstić information content (AvgIpc) is 2.51. The van der Waals surface area contributed by atoms with Gasteiger partial charge in [0.25, 0.3) is 0 Å². The number of fused-ring (bicyclic) bond motifs is 1. The summed E-state index contributed by atoms with van der Waals surface area (Å²) in [6, 6.07) is 17.6. The summed E-state index contributed by atoms with van der Waals surface area (Å²) >= 11 is 0. The van der Waals surface area contributed by atoms with E-state index in [1.165, 1.54) is 27.6 Å². The van der Waals surface area contributed by atoms with Crippen LogP contribution in [0.1, 0.15) is 58.2 Å². The molecular weight excluding hydrogens is 302 g/mol. The minimum absolute atomic E-state index is 0.0893. The van der Waals surface area contributed by atoms with Crippen molar-refractivity contribution < 1.29 is 0 Å². The van der Waals surface area contributed by atoms with Crippen molar-refractivity contribution in [1.82, 2.24) is 4.98 Å². The van der Waals surface area contributed by atoms with E-state index in [9.17, 15) is 0 Å². The molecule has 1 heterocycles. The Balaban J connectivity index is 2.28. The average molecular weight is 332 g/mol. The molecule has 0 aliphatic carbocycles. The second-order valence-corrected chi connectivity index (χ2v) is 9.16. The number of aryl methyl sites for hydroxylation is 1. The van der Waals surface area contributed by atoms with E-state index in [0.29, 0.717) is 0 Å². The molecule has 0 saturated carbocycles. The number of hydrogen-bond donors (Lipinski definition) is 0. The van der Waals surface area contributed by atoms with E-state index in [0.717, 1.165) is 11.2 Å². The third-order valence-corrected chi connectivity index (χ3v) is 4.79. The molecule has 0 radical (unpaired) electrons. The molecular formula is C24H29N. The van der Waals surface area contributed by atoms with E-state index in [-0.39, 0.29) is 10.8 Å². The minimum atomic E-state index is 0.0893. The summed E-state index contributed by atoms with van der Waals surface area (Å²) in [5.74, 6) is 0. The maximum Gasteiger partial charge on any atom is 0.0715 e. The molecule has 2 aromatic carbocycles. The van der Waals surface area contributed by atoms with Gasteiger partial charge < -0.3 is 0 Å². The number of aromatic nitrogens is 1.